The molecule has 1 rings (SSSR count). The van der Waals surface area contributed by atoms with E-state index < -0.39 is 5.97 Å². The average Bonchev–Trinajstić information content (AvgIpc) is 2.50. The zero-order valence-corrected chi connectivity index (χ0v) is 13.7. The Labute approximate surface area is 140 Å². The number of amides is 2. The number of carboxylic acids is 1. The highest BCUT2D eigenvalue weighted by Crippen LogP contribution is 2.09. The van der Waals surface area contributed by atoms with Crippen LogP contribution < -0.4 is 10.6 Å². The smallest absolute Gasteiger partial charge is 0.303 e. The van der Waals surface area contributed by atoms with Crippen molar-refractivity contribution in [1.29, 1.82) is 0 Å². The number of aliphatic carboxylic acids is 1. The van der Waals surface area contributed by atoms with Crippen LogP contribution in [0.3, 0.4) is 0 Å². The molecule has 0 saturated carbocycles. The van der Waals surface area contributed by atoms with Crippen LogP contribution in [-0.4, -0.2) is 35.5 Å². The van der Waals surface area contributed by atoms with Crippen molar-refractivity contribution in [3.8, 4) is 0 Å². The fourth-order valence-electron chi connectivity index (χ4n) is 1.91. The molecule has 3 N–H and O–H groups in total. The van der Waals surface area contributed by atoms with E-state index in [9.17, 15) is 14.4 Å². The summed E-state index contributed by atoms with van der Waals surface area (Å²) in [6.07, 6.45) is 1.21. The molecule has 1 aromatic rings. The molecule has 1 atom stereocenters. The fourth-order valence-corrected chi connectivity index (χ4v) is 2.04. The number of carbonyl (C=O) groups excluding carboxylic acids is 2. The molecule has 0 aliphatic carbocycles. The number of benzene rings is 1. The molecule has 6 nitrogen and oxygen atoms in total. The highest BCUT2D eigenvalue weighted by molar-refractivity contribution is 6.30. The molecule has 1 unspecified atom stereocenters. The van der Waals surface area contributed by atoms with Gasteiger partial charge in [0.1, 0.15) is 0 Å². The van der Waals surface area contributed by atoms with Gasteiger partial charge in [0.2, 0.25) is 5.91 Å². The molecular weight excluding hydrogens is 320 g/mol. The number of carboxylic acid groups (broad SMARTS) is 1. The molecule has 0 radical (unpaired) electrons. The van der Waals surface area contributed by atoms with E-state index >= 15 is 0 Å². The molecule has 0 spiro atoms. The molecule has 7 heteroatoms. The lowest BCUT2D eigenvalue weighted by Crippen LogP contribution is -2.33. The Hall–Kier alpha value is -2.08. The van der Waals surface area contributed by atoms with E-state index in [4.69, 9.17) is 16.7 Å². The highest BCUT2D eigenvalue weighted by atomic mass is 35.5. The molecule has 0 bridgehead atoms. The predicted octanol–water partition coefficient (Wildman–Crippen LogP) is 2.22. The van der Waals surface area contributed by atoms with Crippen LogP contribution >= 0.6 is 11.6 Å². The Morgan fingerprint density at radius 2 is 1.83 bits per heavy atom. The highest BCUT2D eigenvalue weighted by Gasteiger charge is 2.09. The molecule has 0 saturated heterocycles. The van der Waals surface area contributed by atoms with E-state index in [2.05, 4.69) is 10.6 Å². The summed E-state index contributed by atoms with van der Waals surface area (Å²) in [7, 11) is 0. The maximum atomic E-state index is 11.8. The van der Waals surface area contributed by atoms with E-state index in [1.54, 1.807) is 31.2 Å². The molecule has 0 fully saturated rings. The van der Waals surface area contributed by atoms with Gasteiger partial charge in [-0.15, -0.1) is 0 Å². The molecule has 0 aliphatic heterocycles. The molecule has 23 heavy (non-hydrogen) atoms. The summed E-state index contributed by atoms with van der Waals surface area (Å²) in [4.78, 5) is 33.9. The Morgan fingerprint density at radius 1 is 1.17 bits per heavy atom. The summed E-state index contributed by atoms with van der Waals surface area (Å²) in [5.74, 6) is -1.24. The summed E-state index contributed by atoms with van der Waals surface area (Å²) >= 11 is 5.75. The molecule has 2 amide bonds. The van der Waals surface area contributed by atoms with E-state index in [0.29, 0.717) is 30.0 Å². The number of nitrogens with one attached hydrogen (secondary N) is 2. The van der Waals surface area contributed by atoms with Crippen LogP contribution in [0.5, 0.6) is 0 Å². The number of halogens is 1. The first-order valence-corrected chi connectivity index (χ1v) is 7.81. The maximum Gasteiger partial charge on any atom is 0.303 e. The van der Waals surface area contributed by atoms with Gasteiger partial charge in [-0.1, -0.05) is 11.6 Å². The van der Waals surface area contributed by atoms with Gasteiger partial charge >= 0.3 is 5.97 Å². The van der Waals surface area contributed by atoms with Crippen LogP contribution in [0.1, 0.15) is 43.0 Å². The fraction of sp³-hybridized carbons (Fsp3) is 0.438. The second kappa shape index (κ2) is 9.84. The SMILES string of the molecule is CC(CCC(=O)O)NC(=O)CCCNC(=O)c1ccc(Cl)cc1. The van der Waals surface area contributed by atoms with Crippen LogP contribution in [0, 0.1) is 0 Å². The van der Waals surface area contributed by atoms with Crippen LogP contribution in [0.2, 0.25) is 5.02 Å². The first-order chi connectivity index (χ1) is 10.9. The van der Waals surface area contributed by atoms with Crippen molar-refractivity contribution in [3.05, 3.63) is 34.9 Å². The first-order valence-electron chi connectivity index (χ1n) is 7.43. The summed E-state index contributed by atoms with van der Waals surface area (Å²) in [6, 6.07) is 6.37. The number of hydrogen-bond acceptors (Lipinski definition) is 3. The second-order valence-electron chi connectivity index (χ2n) is 5.27. The molecule has 0 heterocycles. The summed E-state index contributed by atoms with van der Waals surface area (Å²) in [5, 5.41) is 14.6. The van der Waals surface area contributed by atoms with Gasteiger partial charge in [-0.25, -0.2) is 0 Å². The van der Waals surface area contributed by atoms with Crippen molar-refractivity contribution in [2.24, 2.45) is 0 Å². The van der Waals surface area contributed by atoms with Gasteiger partial charge in [-0.2, -0.15) is 0 Å². The van der Waals surface area contributed by atoms with Crippen LogP contribution in [0.25, 0.3) is 0 Å². The second-order valence-corrected chi connectivity index (χ2v) is 5.70. The zero-order valence-electron chi connectivity index (χ0n) is 13.0. The molecule has 126 valence electrons. The van der Waals surface area contributed by atoms with E-state index in [1.165, 1.54) is 0 Å². The standard InChI is InChI=1S/C16H21ClN2O4/c1-11(4-9-15(21)22)19-14(20)3-2-10-18-16(23)12-5-7-13(17)8-6-12/h5-8,11H,2-4,9-10H2,1H3,(H,18,23)(H,19,20)(H,21,22). The van der Waals surface area contributed by atoms with Gasteiger partial charge in [-0.05, 0) is 44.0 Å². The van der Waals surface area contributed by atoms with Gasteiger partial charge in [0, 0.05) is 36.0 Å². The third-order valence-electron chi connectivity index (χ3n) is 3.17. The van der Waals surface area contributed by atoms with Gasteiger partial charge in [0.25, 0.3) is 5.91 Å². The third-order valence-corrected chi connectivity index (χ3v) is 3.42. The van der Waals surface area contributed by atoms with E-state index in [1.807, 2.05) is 0 Å². The molecule has 0 aromatic heterocycles. The lowest BCUT2D eigenvalue weighted by atomic mass is 10.1. The molecular formula is C16H21ClN2O4. The zero-order chi connectivity index (χ0) is 17.2. The van der Waals surface area contributed by atoms with Crippen molar-refractivity contribution in [2.75, 3.05) is 6.54 Å². The van der Waals surface area contributed by atoms with Crippen molar-refractivity contribution >= 4 is 29.4 Å². The topological polar surface area (TPSA) is 95.5 Å². The van der Waals surface area contributed by atoms with Crippen LogP contribution in [-0.2, 0) is 9.59 Å². The monoisotopic (exact) mass is 340 g/mol. The van der Waals surface area contributed by atoms with Crippen molar-refractivity contribution in [3.63, 3.8) is 0 Å². The van der Waals surface area contributed by atoms with Gasteiger partial charge < -0.3 is 15.7 Å². The number of carbonyl (C=O) groups is 3. The first kappa shape index (κ1) is 19.0. The van der Waals surface area contributed by atoms with E-state index in [0.717, 1.165) is 0 Å². The van der Waals surface area contributed by atoms with Crippen molar-refractivity contribution in [2.45, 2.75) is 38.6 Å². The Morgan fingerprint density at radius 3 is 2.43 bits per heavy atom. The quantitative estimate of drug-likeness (QED) is 0.601. The summed E-state index contributed by atoms with van der Waals surface area (Å²) in [6.45, 7) is 2.15. The average molecular weight is 341 g/mol. The minimum Gasteiger partial charge on any atom is -0.481 e. The molecule has 1 aromatic carbocycles. The van der Waals surface area contributed by atoms with Gasteiger partial charge in [0.05, 0.1) is 0 Å². The lowest BCUT2D eigenvalue weighted by molar-refractivity contribution is -0.137. The Kier molecular flexibility index (Phi) is 8.11. The maximum absolute atomic E-state index is 11.8. The minimum atomic E-state index is -0.879. The van der Waals surface area contributed by atoms with Crippen LogP contribution in [0.15, 0.2) is 24.3 Å². The van der Waals surface area contributed by atoms with E-state index in [-0.39, 0.29) is 30.7 Å². The van der Waals surface area contributed by atoms with Gasteiger partial charge in [-0.3, -0.25) is 14.4 Å². The predicted molar refractivity (Wildman–Crippen MR) is 87.5 cm³/mol. The summed E-state index contributed by atoms with van der Waals surface area (Å²) in [5.41, 5.74) is 0.515. The van der Waals surface area contributed by atoms with Gasteiger partial charge in [0.15, 0.2) is 0 Å². The number of rotatable bonds is 9. The van der Waals surface area contributed by atoms with Crippen molar-refractivity contribution < 1.29 is 19.5 Å². The normalized spacial score (nSPS) is 11.6. The third kappa shape index (κ3) is 8.21. The minimum absolute atomic E-state index is 0.0264. The Bertz CT molecular complexity index is 546. The molecule has 0 aliphatic rings. The largest absolute Gasteiger partial charge is 0.481 e. The van der Waals surface area contributed by atoms with Crippen LogP contribution in [0.4, 0.5) is 0 Å². The Balaban J connectivity index is 2.18. The summed E-state index contributed by atoms with van der Waals surface area (Å²) < 4.78 is 0. The van der Waals surface area contributed by atoms with Crippen molar-refractivity contribution in [1.82, 2.24) is 10.6 Å². The lowest BCUT2D eigenvalue weighted by Gasteiger charge is -2.12. The number of hydrogen-bond donors (Lipinski definition) is 3.